The van der Waals surface area contributed by atoms with Crippen LogP contribution >= 0.6 is 11.8 Å². The lowest BCUT2D eigenvalue weighted by Crippen LogP contribution is -2.17. The fourth-order valence-electron chi connectivity index (χ4n) is 2.94. The number of para-hydroxylation sites is 1. The first-order chi connectivity index (χ1) is 11.3. The molecule has 0 N–H and O–H groups in total. The van der Waals surface area contributed by atoms with Crippen molar-refractivity contribution in [1.29, 1.82) is 0 Å². The standard InChI is InChI=1S/C19H19NO2S/c1-22-19(21)16(11-12-23-2)18-15-9-4-3-7-13(15)14-8-5-6-10-17(14)20-18/h3-10,16H,11-12H2,1-2H3. The first-order valence-electron chi connectivity index (χ1n) is 7.60. The van der Waals surface area contributed by atoms with E-state index in [1.165, 1.54) is 7.11 Å². The molecule has 1 aromatic heterocycles. The fraction of sp³-hybridized carbons (Fsp3) is 0.263. The SMILES string of the molecule is COC(=O)C(CCSC)c1nc2ccccc2c2ccccc12. The van der Waals surface area contributed by atoms with E-state index in [0.717, 1.165) is 39.5 Å². The number of aromatic nitrogens is 1. The monoisotopic (exact) mass is 325 g/mol. The average molecular weight is 325 g/mol. The van der Waals surface area contributed by atoms with Gasteiger partial charge < -0.3 is 4.74 Å². The number of pyridine rings is 1. The van der Waals surface area contributed by atoms with Crippen LogP contribution in [0.5, 0.6) is 0 Å². The van der Waals surface area contributed by atoms with Gasteiger partial charge in [0, 0.05) is 10.8 Å². The quantitative estimate of drug-likeness (QED) is 0.515. The van der Waals surface area contributed by atoms with Gasteiger partial charge in [-0.15, -0.1) is 0 Å². The van der Waals surface area contributed by atoms with E-state index in [1.54, 1.807) is 11.8 Å². The summed E-state index contributed by atoms with van der Waals surface area (Å²) < 4.78 is 5.04. The summed E-state index contributed by atoms with van der Waals surface area (Å²) in [5.41, 5.74) is 1.74. The van der Waals surface area contributed by atoms with E-state index in [4.69, 9.17) is 9.72 Å². The molecule has 118 valence electrons. The number of hydrogen-bond donors (Lipinski definition) is 0. The molecule has 0 bridgehead atoms. The maximum Gasteiger partial charge on any atom is 0.314 e. The summed E-state index contributed by atoms with van der Waals surface area (Å²) in [5, 5.41) is 3.27. The first kappa shape index (κ1) is 15.8. The summed E-state index contributed by atoms with van der Waals surface area (Å²) in [7, 11) is 1.44. The molecule has 1 unspecified atom stereocenters. The summed E-state index contributed by atoms with van der Waals surface area (Å²) in [6.07, 6.45) is 2.77. The van der Waals surface area contributed by atoms with Crippen molar-refractivity contribution < 1.29 is 9.53 Å². The van der Waals surface area contributed by atoms with Crippen molar-refractivity contribution in [1.82, 2.24) is 4.98 Å². The second-order valence-electron chi connectivity index (χ2n) is 5.42. The van der Waals surface area contributed by atoms with Gasteiger partial charge in [-0.1, -0.05) is 42.5 Å². The zero-order valence-electron chi connectivity index (χ0n) is 13.3. The van der Waals surface area contributed by atoms with E-state index < -0.39 is 0 Å². The Morgan fingerprint density at radius 2 is 1.74 bits per heavy atom. The Balaban J connectivity index is 2.26. The number of methoxy groups -OCH3 is 1. The van der Waals surface area contributed by atoms with Crippen LogP contribution in [0.4, 0.5) is 0 Å². The molecule has 0 aliphatic heterocycles. The number of rotatable bonds is 5. The van der Waals surface area contributed by atoms with Crippen molar-refractivity contribution in [3.8, 4) is 0 Å². The van der Waals surface area contributed by atoms with Crippen LogP contribution in [0, 0.1) is 0 Å². The van der Waals surface area contributed by atoms with Crippen LogP contribution in [-0.4, -0.2) is 30.1 Å². The lowest BCUT2D eigenvalue weighted by atomic mass is 9.94. The molecule has 3 nitrogen and oxygen atoms in total. The highest BCUT2D eigenvalue weighted by atomic mass is 32.2. The molecule has 3 aromatic rings. The van der Waals surface area contributed by atoms with Gasteiger partial charge in [0.2, 0.25) is 0 Å². The summed E-state index contributed by atoms with van der Waals surface area (Å²) >= 11 is 1.73. The van der Waals surface area contributed by atoms with E-state index in [-0.39, 0.29) is 11.9 Å². The lowest BCUT2D eigenvalue weighted by Gasteiger charge is -2.17. The molecule has 0 spiro atoms. The minimum Gasteiger partial charge on any atom is -0.469 e. The molecule has 0 saturated heterocycles. The van der Waals surface area contributed by atoms with Crippen LogP contribution in [0.15, 0.2) is 48.5 Å². The molecule has 1 atom stereocenters. The van der Waals surface area contributed by atoms with Crippen LogP contribution in [-0.2, 0) is 9.53 Å². The number of hydrogen-bond acceptors (Lipinski definition) is 4. The lowest BCUT2D eigenvalue weighted by molar-refractivity contribution is -0.142. The minimum absolute atomic E-state index is 0.216. The largest absolute Gasteiger partial charge is 0.469 e. The Hall–Kier alpha value is -2.07. The van der Waals surface area contributed by atoms with Gasteiger partial charge in [-0.25, -0.2) is 0 Å². The third-order valence-electron chi connectivity index (χ3n) is 4.06. The van der Waals surface area contributed by atoms with Gasteiger partial charge in [0.1, 0.15) is 5.92 Å². The molecular formula is C19H19NO2S. The zero-order valence-corrected chi connectivity index (χ0v) is 14.1. The van der Waals surface area contributed by atoms with E-state index in [9.17, 15) is 4.79 Å². The van der Waals surface area contributed by atoms with Gasteiger partial charge in [0.25, 0.3) is 0 Å². The highest BCUT2D eigenvalue weighted by molar-refractivity contribution is 7.98. The topological polar surface area (TPSA) is 39.2 Å². The number of carbonyl (C=O) groups excluding carboxylic acids is 1. The summed E-state index contributed by atoms with van der Waals surface area (Å²) in [5.74, 6) is 0.344. The second-order valence-corrected chi connectivity index (χ2v) is 6.40. The van der Waals surface area contributed by atoms with Crippen LogP contribution in [0.1, 0.15) is 18.0 Å². The van der Waals surface area contributed by atoms with Gasteiger partial charge >= 0.3 is 5.97 Å². The molecule has 0 aliphatic rings. The number of ether oxygens (including phenoxy) is 1. The molecular weight excluding hydrogens is 306 g/mol. The summed E-state index contributed by atoms with van der Waals surface area (Å²) in [6, 6.07) is 16.2. The van der Waals surface area contributed by atoms with E-state index in [2.05, 4.69) is 12.1 Å². The third kappa shape index (κ3) is 3.04. The molecule has 1 heterocycles. The van der Waals surface area contributed by atoms with Crippen LogP contribution < -0.4 is 0 Å². The maximum absolute atomic E-state index is 12.3. The van der Waals surface area contributed by atoms with Gasteiger partial charge in [0.05, 0.1) is 18.3 Å². The van der Waals surface area contributed by atoms with Gasteiger partial charge in [-0.2, -0.15) is 11.8 Å². The van der Waals surface area contributed by atoms with Gasteiger partial charge in [-0.05, 0) is 29.9 Å². The van der Waals surface area contributed by atoms with Crippen molar-refractivity contribution in [2.75, 3.05) is 19.1 Å². The van der Waals surface area contributed by atoms with Crippen molar-refractivity contribution in [3.05, 3.63) is 54.2 Å². The third-order valence-corrected chi connectivity index (χ3v) is 4.71. The molecule has 0 radical (unpaired) electrons. The number of benzene rings is 2. The van der Waals surface area contributed by atoms with Crippen LogP contribution in [0.3, 0.4) is 0 Å². The van der Waals surface area contributed by atoms with Crippen molar-refractivity contribution in [2.45, 2.75) is 12.3 Å². The molecule has 23 heavy (non-hydrogen) atoms. The predicted octanol–water partition coefficient (Wildman–Crippen LogP) is 4.40. The number of carbonyl (C=O) groups is 1. The highest BCUT2D eigenvalue weighted by Gasteiger charge is 2.25. The van der Waals surface area contributed by atoms with Gasteiger partial charge in [0.15, 0.2) is 0 Å². The summed E-state index contributed by atoms with van der Waals surface area (Å²) in [4.78, 5) is 17.1. The number of fused-ring (bicyclic) bond motifs is 3. The van der Waals surface area contributed by atoms with E-state index in [1.807, 2.05) is 42.7 Å². The Morgan fingerprint density at radius 1 is 1.09 bits per heavy atom. The number of esters is 1. The minimum atomic E-state index is -0.332. The maximum atomic E-state index is 12.3. The second kappa shape index (κ2) is 7.01. The fourth-order valence-corrected chi connectivity index (χ4v) is 3.41. The molecule has 2 aromatic carbocycles. The molecule has 3 rings (SSSR count). The molecule has 4 heteroatoms. The Morgan fingerprint density at radius 3 is 2.43 bits per heavy atom. The number of thioether (sulfide) groups is 1. The molecule has 0 fully saturated rings. The first-order valence-corrected chi connectivity index (χ1v) is 8.99. The van der Waals surface area contributed by atoms with Crippen molar-refractivity contribution >= 4 is 39.4 Å². The normalized spacial score (nSPS) is 12.4. The van der Waals surface area contributed by atoms with Crippen molar-refractivity contribution in [3.63, 3.8) is 0 Å². The molecule has 0 saturated carbocycles. The van der Waals surface area contributed by atoms with Crippen LogP contribution in [0.2, 0.25) is 0 Å². The Bertz CT molecular complexity index is 847. The van der Waals surface area contributed by atoms with Gasteiger partial charge in [-0.3, -0.25) is 9.78 Å². The average Bonchev–Trinajstić information content (AvgIpc) is 2.61. The molecule has 0 amide bonds. The van der Waals surface area contributed by atoms with Crippen LogP contribution in [0.25, 0.3) is 21.7 Å². The predicted molar refractivity (Wildman–Crippen MR) is 97.0 cm³/mol. The van der Waals surface area contributed by atoms with E-state index in [0.29, 0.717) is 0 Å². The molecule has 0 aliphatic carbocycles. The van der Waals surface area contributed by atoms with Crippen molar-refractivity contribution in [2.24, 2.45) is 0 Å². The smallest absolute Gasteiger partial charge is 0.314 e. The summed E-state index contributed by atoms with van der Waals surface area (Å²) in [6.45, 7) is 0. The highest BCUT2D eigenvalue weighted by Crippen LogP contribution is 2.32. The Labute approximate surface area is 140 Å². The Kier molecular flexibility index (Phi) is 4.82. The van der Waals surface area contributed by atoms with E-state index >= 15 is 0 Å². The zero-order chi connectivity index (χ0) is 16.2. The number of nitrogens with zero attached hydrogens (tertiary/aromatic N) is 1.